The highest BCUT2D eigenvalue weighted by molar-refractivity contribution is 9.10. The summed E-state index contributed by atoms with van der Waals surface area (Å²) in [6.45, 7) is 1.89. The summed E-state index contributed by atoms with van der Waals surface area (Å²) in [6.07, 6.45) is 0. The largest absolute Gasteiger partial charge is 0.439 e. The van der Waals surface area contributed by atoms with Crippen molar-refractivity contribution in [2.45, 2.75) is 6.92 Å². The number of pyridine rings is 1. The maximum Gasteiger partial charge on any atom is 0.219 e. The van der Waals surface area contributed by atoms with Crippen LogP contribution < -0.4 is 4.74 Å². The van der Waals surface area contributed by atoms with Gasteiger partial charge in [-0.3, -0.25) is 0 Å². The van der Waals surface area contributed by atoms with Gasteiger partial charge in [0.05, 0.1) is 15.7 Å². The minimum atomic E-state index is 0.456. The molecule has 0 fully saturated rings. The Morgan fingerprint density at radius 1 is 1.12 bits per heavy atom. The monoisotopic (exact) mass is 331 g/mol. The Morgan fingerprint density at radius 3 is 2.53 bits per heavy atom. The first-order chi connectivity index (χ1) is 8.06. The van der Waals surface area contributed by atoms with Crippen molar-refractivity contribution < 1.29 is 4.74 Å². The number of nitrogens with zero attached hydrogens (tertiary/aromatic N) is 1. The lowest BCUT2D eigenvalue weighted by molar-refractivity contribution is 0.461. The fourth-order valence-corrected chi connectivity index (χ4v) is 1.75. The summed E-state index contributed by atoms with van der Waals surface area (Å²) in [5.41, 5.74) is 0.863. The van der Waals surface area contributed by atoms with E-state index in [1.807, 2.05) is 13.0 Å². The van der Waals surface area contributed by atoms with Crippen molar-refractivity contribution >= 4 is 39.1 Å². The van der Waals surface area contributed by atoms with E-state index in [1.165, 1.54) is 0 Å². The van der Waals surface area contributed by atoms with Crippen molar-refractivity contribution in [3.05, 3.63) is 50.5 Å². The lowest BCUT2D eigenvalue weighted by Crippen LogP contribution is -1.90. The fourth-order valence-electron chi connectivity index (χ4n) is 1.24. The van der Waals surface area contributed by atoms with E-state index < -0.39 is 0 Å². The maximum absolute atomic E-state index is 5.90. The topological polar surface area (TPSA) is 22.1 Å². The standard InChI is InChI=1S/C12H8BrCl2NO/c1-7-9(13)3-5-12(16-7)17-8-2-4-10(14)11(15)6-8/h2-6H,1H3. The van der Waals surface area contributed by atoms with Crippen LogP contribution in [0.25, 0.3) is 0 Å². The van der Waals surface area contributed by atoms with Crippen LogP contribution in [0.5, 0.6) is 11.6 Å². The third kappa shape index (κ3) is 3.12. The van der Waals surface area contributed by atoms with E-state index in [0.29, 0.717) is 21.7 Å². The molecule has 0 aliphatic heterocycles. The zero-order valence-electron chi connectivity index (χ0n) is 8.88. The van der Waals surface area contributed by atoms with Crippen molar-refractivity contribution in [2.24, 2.45) is 0 Å². The van der Waals surface area contributed by atoms with Gasteiger partial charge in [0.15, 0.2) is 0 Å². The molecule has 0 bridgehead atoms. The summed E-state index contributed by atoms with van der Waals surface area (Å²) in [5, 5.41) is 0.956. The first-order valence-corrected chi connectivity index (χ1v) is 6.37. The lowest BCUT2D eigenvalue weighted by Gasteiger charge is -2.07. The average molecular weight is 333 g/mol. The molecule has 0 unspecified atom stereocenters. The normalized spacial score (nSPS) is 10.4. The summed E-state index contributed by atoms with van der Waals surface area (Å²) >= 11 is 15.1. The third-order valence-electron chi connectivity index (χ3n) is 2.11. The molecule has 1 aromatic heterocycles. The van der Waals surface area contributed by atoms with Crippen molar-refractivity contribution in [1.82, 2.24) is 4.98 Å². The van der Waals surface area contributed by atoms with Gasteiger partial charge in [0, 0.05) is 16.6 Å². The van der Waals surface area contributed by atoms with E-state index >= 15 is 0 Å². The second-order valence-electron chi connectivity index (χ2n) is 3.39. The number of ether oxygens (including phenoxy) is 1. The molecule has 1 heterocycles. The number of halogens is 3. The van der Waals surface area contributed by atoms with E-state index in [4.69, 9.17) is 27.9 Å². The van der Waals surface area contributed by atoms with Crippen molar-refractivity contribution in [1.29, 1.82) is 0 Å². The predicted octanol–water partition coefficient (Wildman–Crippen LogP) is 5.25. The van der Waals surface area contributed by atoms with Gasteiger partial charge in [-0.05, 0) is 41.1 Å². The van der Waals surface area contributed by atoms with Gasteiger partial charge in [-0.25, -0.2) is 4.98 Å². The van der Waals surface area contributed by atoms with Crippen LogP contribution in [0.15, 0.2) is 34.8 Å². The van der Waals surface area contributed by atoms with Gasteiger partial charge < -0.3 is 4.74 Å². The van der Waals surface area contributed by atoms with Crippen LogP contribution in [0, 0.1) is 6.92 Å². The second kappa shape index (κ2) is 5.25. The number of aromatic nitrogens is 1. The molecule has 0 spiro atoms. The van der Waals surface area contributed by atoms with Crippen LogP contribution in [0.1, 0.15) is 5.69 Å². The van der Waals surface area contributed by atoms with Gasteiger partial charge in [-0.1, -0.05) is 23.2 Å². The molecular weight excluding hydrogens is 325 g/mol. The molecule has 0 aliphatic rings. The van der Waals surface area contributed by atoms with Gasteiger partial charge in [-0.2, -0.15) is 0 Å². The molecule has 2 nitrogen and oxygen atoms in total. The molecule has 2 aromatic rings. The highest BCUT2D eigenvalue weighted by Gasteiger charge is 2.04. The highest BCUT2D eigenvalue weighted by Crippen LogP contribution is 2.29. The van der Waals surface area contributed by atoms with Crippen molar-refractivity contribution in [3.63, 3.8) is 0 Å². The quantitative estimate of drug-likeness (QED) is 0.749. The molecule has 2 rings (SSSR count). The summed E-state index contributed by atoms with van der Waals surface area (Å²) in [5.74, 6) is 1.12. The van der Waals surface area contributed by atoms with Gasteiger partial charge in [0.2, 0.25) is 5.88 Å². The summed E-state index contributed by atoms with van der Waals surface area (Å²) in [6, 6.07) is 8.75. The smallest absolute Gasteiger partial charge is 0.219 e. The van der Waals surface area contributed by atoms with E-state index in [-0.39, 0.29) is 0 Å². The predicted molar refractivity (Wildman–Crippen MR) is 73.2 cm³/mol. The number of rotatable bonds is 2. The Hall–Kier alpha value is -0.770. The highest BCUT2D eigenvalue weighted by atomic mass is 79.9. The van der Waals surface area contributed by atoms with Crippen molar-refractivity contribution in [2.75, 3.05) is 0 Å². The molecule has 0 amide bonds. The van der Waals surface area contributed by atoms with E-state index in [2.05, 4.69) is 20.9 Å². The Bertz CT molecular complexity index is 511. The zero-order valence-corrected chi connectivity index (χ0v) is 12.0. The summed E-state index contributed by atoms with van der Waals surface area (Å²) < 4.78 is 6.52. The minimum absolute atomic E-state index is 0.456. The third-order valence-corrected chi connectivity index (χ3v) is 3.69. The number of benzene rings is 1. The molecule has 0 saturated carbocycles. The van der Waals surface area contributed by atoms with Crippen LogP contribution in [0.2, 0.25) is 10.0 Å². The average Bonchev–Trinajstić information content (AvgIpc) is 2.29. The summed E-state index contributed by atoms with van der Waals surface area (Å²) in [4.78, 5) is 4.27. The minimum Gasteiger partial charge on any atom is -0.439 e. The maximum atomic E-state index is 5.90. The Kier molecular flexibility index (Phi) is 3.92. The SMILES string of the molecule is Cc1nc(Oc2ccc(Cl)c(Cl)c2)ccc1Br. The first-order valence-electron chi connectivity index (χ1n) is 4.82. The molecule has 1 aromatic carbocycles. The zero-order chi connectivity index (χ0) is 12.4. The number of hydrogen-bond acceptors (Lipinski definition) is 2. The molecule has 0 N–H and O–H groups in total. The Balaban J connectivity index is 2.25. The van der Waals surface area contributed by atoms with Crippen LogP contribution in [0.4, 0.5) is 0 Å². The van der Waals surface area contributed by atoms with Crippen LogP contribution in [-0.4, -0.2) is 4.98 Å². The fraction of sp³-hybridized carbons (Fsp3) is 0.0833. The van der Waals surface area contributed by atoms with E-state index in [9.17, 15) is 0 Å². The van der Waals surface area contributed by atoms with Gasteiger partial charge >= 0.3 is 0 Å². The molecule has 0 atom stereocenters. The molecule has 17 heavy (non-hydrogen) atoms. The first kappa shape index (κ1) is 12.7. The van der Waals surface area contributed by atoms with E-state index in [1.54, 1.807) is 24.3 Å². The number of aryl methyl sites for hydroxylation is 1. The van der Waals surface area contributed by atoms with E-state index in [0.717, 1.165) is 10.2 Å². The van der Waals surface area contributed by atoms with Crippen LogP contribution >= 0.6 is 39.1 Å². The second-order valence-corrected chi connectivity index (χ2v) is 5.06. The van der Waals surface area contributed by atoms with Crippen molar-refractivity contribution in [3.8, 4) is 11.6 Å². The van der Waals surface area contributed by atoms with Crippen LogP contribution in [-0.2, 0) is 0 Å². The number of hydrogen-bond donors (Lipinski definition) is 0. The molecule has 5 heteroatoms. The molecule has 0 radical (unpaired) electrons. The molecule has 0 aliphatic carbocycles. The van der Waals surface area contributed by atoms with Crippen LogP contribution in [0.3, 0.4) is 0 Å². The molecule has 88 valence electrons. The molecular formula is C12H8BrCl2NO. The molecule has 0 saturated heterocycles. The van der Waals surface area contributed by atoms with Gasteiger partial charge in [-0.15, -0.1) is 0 Å². The lowest BCUT2D eigenvalue weighted by atomic mass is 10.3. The van der Waals surface area contributed by atoms with Gasteiger partial charge in [0.25, 0.3) is 0 Å². The summed E-state index contributed by atoms with van der Waals surface area (Å²) in [7, 11) is 0. The van der Waals surface area contributed by atoms with Gasteiger partial charge in [0.1, 0.15) is 5.75 Å². The Morgan fingerprint density at radius 2 is 1.88 bits per heavy atom. The Labute approximate surface area is 118 Å².